The molecule has 20 heavy (non-hydrogen) atoms. The monoisotopic (exact) mass is 313 g/mol. The van der Waals surface area contributed by atoms with Crippen molar-refractivity contribution in [2.45, 2.75) is 27.2 Å². The van der Waals surface area contributed by atoms with Crippen LogP contribution in [-0.2, 0) is 37.7 Å². The van der Waals surface area contributed by atoms with Crippen molar-refractivity contribution < 1.29 is 31.3 Å². The summed E-state index contributed by atoms with van der Waals surface area (Å²) in [5, 5.41) is 0. The first-order valence-electron chi connectivity index (χ1n) is 5.77. The minimum atomic E-state index is 0. The molecule has 1 rings (SSSR count). The van der Waals surface area contributed by atoms with Gasteiger partial charge in [-0.3, -0.25) is 0 Å². The van der Waals surface area contributed by atoms with Gasteiger partial charge in [0.1, 0.15) is 0 Å². The van der Waals surface area contributed by atoms with Crippen LogP contribution in [-0.4, -0.2) is 13.1 Å². The molecule has 0 aliphatic rings. The molecule has 0 amide bonds. The van der Waals surface area contributed by atoms with Crippen LogP contribution in [0.1, 0.15) is 26.3 Å². The fourth-order valence-corrected chi connectivity index (χ4v) is 1.68. The van der Waals surface area contributed by atoms with Crippen LogP contribution in [0.2, 0.25) is 0 Å². The van der Waals surface area contributed by atoms with E-state index in [1.807, 2.05) is 0 Å². The van der Waals surface area contributed by atoms with E-state index in [1.165, 1.54) is 11.3 Å². The first-order chi connectivity index (χ1) is 9.33. The van der Waals surface area contributed by atoms with Crippen LogP contribution in [0, 0.1) is 20.0 Å². The van der Waals surface area contributed by atoms with E-state index in [0.29, 0.717) is 0 Å². The van der Waals surface area contributed by atoms with Crippen molar-refractivity contribution in [1.29, 1.82) is 0 Å². The van der Waals surface area contributed by atoms with Crippen molar-refractivity contribution in [3.05, 3.63) is 49.8 Å². The molecule has 0 bridgehead atoms. The first kappa shape index (κ1) is 27.2. The van der Waals surface area contributed by atoms with Crippen LogP contribution >= 0.6 is 0 Å². The summed E-state index contributed by atoms with van der Waals surface area (Å²) in [6, 6.07) is 8.66. The van der Waals surface area contributed by atoms with Gasteiger partial charge in [0.2, 0.25) is 0 Å². The molecular formula is C15H19CrNO3. The minimum absolute atomic E-state index is 0. The van der Waals surface area contributed by atoms with Crippen LogP contribution in [0.15, 0.2) is 24.3 Å². The van der Waals surface area contributed by atoms with Gasteiger partial charge in [-0.15, -0.1) is 0 Å². The summed E-state index contributed by atoms with van der Waals surface area (Å²) in [5.41, 5.74) is 2.85. The third kappa shape index (κ3) is 10.7. The Morgan fingerprint density at radius 1 is 0.850 bits per heavy atom. The smallest absolute Gasteiger partial charge is 0 e. The molecule has 0 N–H and O–H groups in total. The summed E-state index contributed by atoms with van der Waals surface area (Å²) >= 11 is 0. The summed E-state index contributed by atoms with van der Waals surface area (Å²) in [7, 11) is 0. The van der Waals surface area contributed by atoms with Crippen LogP contribution in [0.25, 0.3) is 0 Å². The first-order valence-corrected chi connectivity index (χ1v) is 5.77. The average molecular weight is 313 g/mol. The van der Waals surface area contributed by atoms with Crippen LogP contribution in [0.4, 0.5) is 5.69 Å². The Morgan fingerprint density at radius 3 is 1.60 bits per heavy atom. The molecule has 4 nitrogen and oxygen atoms in total. The Balaban J connectivity index is -0.000000162. The number of anilines is 1. The predicted molar refractivity (Wildman–Crippen MR) is 71.2 cm³/mol. The molecule has 0 radical (unpaired) electrons. The SMILES string of the molecule is CCc1ccccc1N(CC)CC.[C-]#[O+].[C-]#[O+].[C-]#[O+].[Cr]. The molecule has 0 atom stereocenters. The Kier molecular flexibility index (Phi) is 31.1. The van der Waals surface area contributed by atoms with E-state index in [0.717, 1.165) is 19.5 Å². The van der Waals surface area contributed by atoms with Crippen molar-refractivity contribution in [3.63, 3.8) is 0 Å². The molecule has 1 aromatic rings. The standard InChI is InChI=1S/C12H19N.3CO.Cr/c1-4-11-9-7-8-10-12(11)13(5-2)6-3;3*1-2;/h7-10H,4-6H2,1-3H3;;;;. The molecule has 0 saturated heterocycles. The van der Waals surface area contributed by atoms with Crippen LogP contribution in [0.5, 0.6) is 0 Å². The van der Waals surface area contributed by atoms with Crippen LogP contribution in [0.3, 0.4) is 0 Å². The maximum atomic E-state index is 7.50. The summed E-state index contributed by atoms with van der Waals surface area (Å²) in [5.74, 6) is 0. The molecule has 1 aromatic carbocycles. The van der Waals surface area contributed by atoms with Gasteiger partial charge in [-0.2, -0.15) is 0 Å². The zero-order valence-corrected chi connectivity index (χ0v) is 13.3. The zero-order chi connectivity index (χ0) is 15.7. The largest absolute Gasteiger partial charge is 0 e. The molecular weight excluding hydrogens is 294 g/mol. The van der Waals surface area contributed by atoms with E-state index in [4.69, 9.17) is 14.0 Å². The number of rotatable bonds is 4. The normalized spacial score (nSPS) is 6.85. The Hall–Kier alpha value is -1.23. The Morgan fingerprint density at radius 2 is 1.25 bits per heavy atom. The van der Waals surface area contributed by atoms with E-state index in [-0.39, 0.29) is 17.4 Å². The maximum Gasteiger partial charge on any atom is 0 e. The molecule has 108 valence electrons. The average Bonchev–Trinajstić information content (AvgIpc) is 2.55. The van der Waals surface area contributed by atoms with E-state index in [2.05, 4.69) is 69.9 Å². The van der Waals surface area contributed by atoms with E-state index in [9.17, 15) is 0 Å². The third-order valence-electron chi connectivity index (χ3n) is 2.48. The van der Waals surface area contributed by atoms with Crippen molar-refractivity contribution in [2.75, 3.05) is 18.0 Å². The fourth-order valence-electron chi connectivity index (χ4n) is 1.68. The molecule has 0 aromatic heterocycles. The Bertz CT molecular complexity index is 357. The molecule has 0 heterocycles. The maximum absolute atomic E-state index is 7.50. The quantitative estimate of drug-likeness (QED) is 0.622. The van der Waals surface area contributed by atoms with Crippen molar-refractivity contribution in [3.8, 4) is 0 Å². The number of nitrogens with zero attached hydrogens (tertiary/aromatic N) is 1. The molecule has 5 heteroatoms. The predicted octanol–water partition coefficient (Wildman–Crippen LogP) is 2.98. The van der Waals surface area contributed by atoms with Gasteiger partial charge in [0.05, 0.1) is 0 Å². The number of hydrogen-bond acceptors (Lipinski definition) is 1. The van der Waals surface area contributed by atoms with Gasteiger partial charge in [0.25, 0.3) is 0 Å². The van der Waals surface area contributed by atoms with E-state index in [1.54, 1.807) is 0 Å². The molecule has 0 aliphatic heterocycles. The van der Waals surface area contributed by atoms with Gasteiger partial charge < -0.3 is 4.90 Å². The fraction of sp³-hybridized carbons (Fsp3) is 0.400. The van der Waals surface area contributed by atoms with Crippen molar-refractivity contribution in [2.24, 2.45) is 0 Å². The second-order valence-corrected chi connectivity index (χ2v) is 3.15. The van der Waals surface area contributed by atoms with Crippen molar-refractivity contribution >= 4 is 5.69 Å². The Labute approximate surface area is 132 Å². The van der Waals surface area contributed by atoms with Gasteiger partial charge in [0, 0.05) is 36.1 Å². The number of hydrogen-bond donors (Lipinski definition) is 0. The van der Waals surface area contributed by atoms with Gasteiger partial charge in [-0.25, -0.2) is 0 Å². The van der Waals surface area contributed by atoms with Gasteiger partial charge in [-0.05, 0) is 31.9 Å². The zero-order valence-electron chi connectivity index (χ0n) is 12.0. The topological polar surface area (TPSA) is 62.9 Å². The summed E-state index contributed by atoms with van der Waals surface area (Å²) in [6.45, 7) is 22.3. The summed E-state index contributed by atoms with van der Waals surface area (Å²) < 4.78 is 22.5. The molecule has 0 fully saturated rings. The summed E-state index contributed by atoms with van der Waals surface area (Å²) in [4.78, 5) is 2.40. The number of para-hydroxylation sites is 1. The van der Waals surface area contributed by atoms with Gasteiger partial charge in [-0.1, -0.05) is 25.1 Å². The number of benzene rings is 1. The second-order valence-electron chi connectivity index (χ2n) is 3.15. The van der Waals surface area contributed by atoms with E-state index >= 15 is 0 Å². The van der Waals surface area contributed by atoms with Gasteiger partial charge in [0.15, 0.2) is 0 Å². The molecule has 0 saturated carbocycles. The molecule has 0 spiro atoms. The van der Waals surface area contributed by atoms with Crippen LogP contribution < -0.4 is 4.90 Å². The molecule has 0 aliphatic carbocycles. The number of aryl methyl sites for hydroxylation is 1. The van der Waals surface area contributed by atoms with E-state index < -0.39 is 0 Å². The third-order valence-corrected chi connectivity index (χ3v) is 2.48. The van der Waals surface area contributed by atoms with Gasteiger partial charge >= 0.3 is 33.9 Å². The molecule has 0 unspecified atom stereocenters. The second kappa shape index (κ2) is 22.9. The minimum Gasteiger partial charge on any atom is 0 e. The van der Waals surface area contributed by atoms with Crippen molar-refractivity contribution in [1.82, 2.24) is 0 Å². The summed E-state index contributed by atoms with van der Waals surface area (Å²) in [6.07, 6.45) is 1.12.